The maximum atomic E-state index is 5.76. The van der Waals surface area contributed by atoms with Crippen LogP contribution in [-0.2, 0) is 0 Å². The van der Waals surface area contributed by atoms with Crippen LogP contribution in [0.1, 0.15) is 5.69 Å². The Morgan fingerprint density at radius 2 is 2.00 bits per heavy atom. The van der Waals surface area contributed by atoms with Crippen LogP contribution < -0.4 is 5.73 Å². The predicted octanol–water partition coefficient (Wildman–Crippen LogP) is 1.68. The van der Waals surface area contributed by atoms with Crippen LogP contribution in [0.2, 0.25) is 0 Å². The number of aryl methyl sites for hydroxylation is 1. The summed E-state index contributed by atoms with van der Waals surface area (Å²) in [5.74, 6) is 0.705. The fourth-order valence-corrected chi connectivity index (χ4v) is 1.74. The van der Waals surface area contributed by atoms with Crippen molar-refractivity contribution in [2.24, 2.45) is 0 Å². The smallest absolute Gasteiger partial charge is 0.185 e. The Labute approximate surface area is 97.9 Å². The first-order chi connectivity index (χ1) is 8.24. The molecule has 0 unspecified atom stereocenters. The van der Waals surface area contributed by atoms with Crippen LogP contribution in [0.5, 0.6) is 0 Å². The number of fused-ring (bicyclic) bond motifs is 1. The van der Waals surface area contributed by atoms with Gasteiger partial charge < -0.3 is 5.73 Å². The summed E-state index contributed by atoms with van der Waals surface area (Å²) in [6.07, 6.45) is 0. The van der Waals surface area contributed by atoms with Gasteiger partial charge in [-0.1, -0.05) is 12.1 Å². The summed E-state index contributed by atoms with van der Waals surface area (Å²) in [5, 5.41) is 12.6. The molecule has 0 bridgehead atoms. The molecule has 0 radical (unpaired) electrons. The van der Waals surface area contributed by atoms with E-state index in [2.05, 4.69) is 15.3 Å². The van der Waals surface area contributed by atoms with Crippen LogP contribution >= 0.6 is 0 Å². The monoisotopic (exact) mass is 225 g/mol. The summed E-state index contributed by atoms with van der Waals surface area (Å²) in [7, 11) is 0. The summed E-state index contributed by atoms with van der Waals surface area (Å²) < 4.78 is 1.73. The van der Waals surface area contributed by atoms with Gasteiger partial charge in [0.25, 0.3) is 0 Å². The summed E-state index contributed by atoms with van der Waals surface area (Å²) >= 11 is 0. The van der Waals surface area contributed by atoms with Gasteiger partial charge in [-0.2, -0.15) is 9.61 Å². The van der Waals surface area contributed by atoms with Crippen molar-refractivity contribution in [1.82, 2.24) is 19.8 Å². The molecule has 1 aromatic carbocycles. The average molecular weight is 225 g/mol. The highest BCUT2D eigenvalue weighted by molar-refractivity contribution is 5.63. The van der Waals surface area contributed by atoms with E-state index in [0.717, 1.165) is 16.9 Å². The topological polar surface area (TPSA) is 69.1 Å². The molecule has 0 spiro atoms. The Kier molecular flexibility index (Phi) is 2.04. The fourth-order valence-electron chi connectivity index (χ4n) is 1.74. The third kappa shape index (κ3) is 1.61. The zero-order valence-corrected chi connectivity index (χ0v) is 9.33. The number of rotatable bonds is 1. The molecule has 0 amide bonds. The molecule has 0 aliphatic carbocycles. The number of benzene rings is 1. The second kappa shape index (κ2) is 3.55. The van der Waals surface area contributed by atoms with Crippen molar-refractivity contribution in [3.8, 4) is 11.4 Å². The quantitative estimate of drug-likeness (QED) is 0.640. The number of hydrogen-bond acceptors (Lipinski definition) is 4. The SMILES string of the molecule is Cc1ccc2nnc(-c3cccc(N)c3)n2n1. The van der Waals surface area contributed by atoms with E-state index >= 15 is 0 Å². The molecule has 0 atom stereocenters. The number of aromatic nitrogens is 4. The standard InChI is InChI=1S/C12H11N5/c1-8-5-6-11-14-15-12(17(11)16-8)9-3-2-4-10(13)7-9/h2-7H,13H2,1H3. The lowest BCUT2D eigenvalue weighted by Crippen LogP contribution is -1.97. The Bertz CT molecular complexity index is 686. The minimum absolute atomic E-state index is 0.701. The zero-order chi connectivity index (χ0) is 11.8. The first-order valence-electron chi connectivity index (χ1n) is 5.29. The normalized spacial score (nSPS) is 10.9. The zero-order valence-electron chi connectivity index (χ0n) is 9.33. The first kappa shape index (κ1) is 9.77. The highest BCUT2D eigenvalue weighted by atomic mass is 15.4. The largest absolute Gasteiger partial charge is 0.399 e. The molecule has 0 fully saturated rings. The molecule has 5 heteroatoms. The molecular formula is C12H11N5. The summed E-state index contributed by atoms with van der Waals surface area (Å²) in [6, 6.07) is 11.3. The summed E-state index contributed by atoms with van der Waals surface area (Å²) in [4.78, 5) is 0. The number of anilines is 1. The molecule has 5 nitrogen and oxygen atoms in total. The molecule has 2 N–H and O–H groups in total. The van der Waals surface area contributed by atoms with Crippen LogP contribution in [0.25, 0.3) is 17.0 Å². The van der Waals surface area contributed by atoms with Crippen molar-refractivity contribution in [3.63, 3.8) is 0 Å². The van der Waals surface area contributed by atoms with Gasteiger partial charge in [0, 0.05) is 11.3 Å². The Morgan fingerprint density at radius 1 is 1.12 bits per heavy atom. The van der Waals surface area contributed by atoms with Gasteiger partial charge in [0.1, 0.15) is 0 Å². The molecule has 2 aromatic heterocycles. The molecule has 0 aliphatic heterocycles. The van der Waals surface area contributed by atoms with Crippen LogP contribution in [0, 0.1) is 6.92 Å². The molecule has 3 rings (SSSR count). The van der Waals surface area contributed by atoms with Gasteiger partial charge in [-0.05, 0) is 31.2 Å². The average Bonchev–Trinajstić information content (AvgIpc) is 2.71. The van der Waals surface area contributed by atoms with Gasteiger partial charge in [0.2, 0.25) is 0 Å². The third-order valence-corrected chi connectivity index (χ3v) is 2.54. The van der Waals surface area contributed by atoms with Crippen molar-refractivity contribution < 1.29 is 0 Å². The molecule has 17 heavy (non-hydrogen) atoms. The molecule has 0 aliphatic rings. The number of nitrogens with two attached hydrogens (primary N) is 1. The molecular weight excluding hydrogens is 214 g/mol. The van der Waals surface area contributed by atoms with Gasteiger partial charge in [0.05, 0.1) is 5.69 Å². The lowest BCUT2D eigenvalue weighted by Gasteiger charge is -2.00. The van der Waals surface area contributed by atoms with Crippen molar-refractivity contribution in [2.45, 2.75) is 6.92 Å². The second-order valence-electron chi connectivity index (χ2n) is 3.89. The van der Waals surface area contributed by atoms with Gasteiger partial charge in [-0.15, -0.1) is 10.2 Å². The van der Waals surface area contributed by atoms with Crippen LogP contribution in [0.3, 0.4) is 0 Å². The number of nitrogens with zero attached hydrogens (tertiary/aromatic N) is 4. The summed E-state index contributed by atoms with van der Waals surface area (Å²) in [5.41, 5.74) is 9.02. The van der Waals surface area contributed by atoms with Crippen LogP contribution in [0.15, 0.2) is 36.4 Å². The molecule has 0 saturated carbocycles. The minimum Gasteiger partial charge on any atom is -0.399 e. The van der Waals surface area contributed by atoms with E-state index in [-0.39, 0.29) is 0 Å². The van der Waals surface area contributed by atoms with E-state index in [1.54, 1.807) is 4.52 Å². The predicted molar refractivity (Wildman–Crippen MR) is 65.4 cm³/mol. The number of nitrogen functional groups attached to an aromatic ring is 1. The Balaban J connectivity index is 2.27. The Hall–Kier alpha value is -2.43. The highest BCUT2D eigenvalue weighted by Crippen LogP contribution is 2.19. The Morgan fingerprint density at radius 3 is 2.82 bits per heavy atom. The lowest BCUT2D eigenvalue weighted by atomic mass is 10.2. The summed E-state index contributed by atoms with van der Waals surface area (Å²) in [6.45, 7) is 1.93. The van der Waals surface area contributed by atoms with E-state index < -0.39 is 0 Å². The van der Waals surface area contributed by atoms with Crippen LogP contribution in [0.4, 0.5) is 5.69 Å². The second-order valence-corrected chi connectivity index (χ2v) is 3.89. The van der Waals surface area contributed by atoms with Gasteiger partial charge >= 0.3 is 0 Å². The van der Waals surface area contributed by atoms with Crippen molar-refractivity contribution >= 4 is 11.3 Å². The molecule has 2 heterocycles. The highest BCUT2D eigenvalue weighted by Gasteiger charge is 2.08. The van der Waals surface area contributed by atoms with Gasteiger partial charge in [0.15, 0.2) is 11.5 Å². The molecule has 84 valence electrons. The maximum absolute atomic E-state index is 5.76. The van der Waals surface area contributed by atoms with E-state index in [4.69, 9.17) is 5.73 Å². The molecule has 3 aromatic rings. The van der Waals surface area contributed by atoms with Crippen LogP contribution in [-0.4, -0.2) is 19.8 Å². The van der Waals surface area contributed by atoms with E-state index in [1.807, 2.05) is 43.3 Å². The van der Waals surface area contributed by atoms with Crippen molar-refractivity contribution in [2.75, 3.05) is 5.73 Å². The van der Waals surface area contributed by atoms with Crippen molar-refractivity contribution in [3.05, 3.63) is 42.1 Å². The molecule has 0 saturated heterocycles. The third-order valence-electron chi connectivity index (χ3n) is 2.54. The minimum atomic E-state index is 0.701. The number of hydrogen-bond donors (Lipinski definition) is 1. The van der Waals surface area contributed by atoms with Gasteiger partial charge in [-0.25, -0.2) is 0 Å². The van der Waals surface area contributed by atoms with E-state index in [0.29, 0.717) is 11.5 Å². The van der Waals surface area contributed by atoms with Crippen molar-refractivity contribution in [1.29, 1.82) is 0 Å². The van der Waals surface area contributed by atoms with Gasteiger partial charge in [-0.3, -0.25) is 0 Å². The lowest BCUT2D eigenvalue weighted by molar-refractivity contribution is 0.902. The first-order valence-corrected chi connectivity index (χ1v) is 5.29. The maximum Gasteiger partial charge on any atom is 0.185 e. The van der Waals surface area contributed by atoms with E-state index in [9.17, 15) is 0 Å². The van der Waals surface area contributed by atoms with E-state index in [1.165, 1.54) is 0 Å². The fraction of sp³-hybridized carbons (Fsp3) is 0.0833.